The van der Waals surface area contributed by atoms with Crippen LogP contribution in [0.25, 0.3) is 0 Å². The maximum atomic E-state index is 5.40. The van der Waals surface area contributed by atoms with Crippen molar-refractivity contribution in [3.05, 3.63) is 11.9 Å². The fourth-order valence-corrected chi connectivity index (χ4v) is 2.44. The summed E-state index contributed by atoms with van der Waals surface area (Å²) >= 11 is 1.72. The highest BCUT2D eigenvalue weighted by molar-refractivity contribution is 7.99. The van der Waals surface area contributed by atoms with Gasteiger partial charge < -0.3 is 10.2 Å². The number of nitrogens with zero attached hydrogens (tertiary/aromatic N) is 2. The van der Waals surface area contributed by atoms with Crippen molar-refractivity contribution in [2.75, 3.05) is 17.8 Å². The van der Waals surface area contributed by atoms with E-state index in [2.05, 4.69) is 29.2 Å². The van der Waals surface area contributed by atoms with E-state index in [9.17, 15) is 0 Å². The van der Waals surface area contributed by atoms with Crippen molar-refractivity contribution in [3.8, 4) is 0 Å². The lowest BCUT2D eigenvalue weighted by molar-refractivity contribution is 0.128. The van der Waals surface area contributed by atoms with Crippen molar-refractivity contribution in [2.24, 2.45) is 11.8 Å². The zero-order valence-corrected chi connectivity index (χ0v) is 12.1. The minimum atomic E-state index is 0.420. The van der Waals surface area contributed by atoms with Gasteiger partial charge in [0.15, 0.2) is 5.82 Å². The molecule has 5 nitrogen and oxygen atoms in total. The molecule has 1 rings (SSSR count). The Hall–Kier alpha value is -0.850. The Morgan fingerprint density at radius 3 is 2.83 bits per heavy atom. The van der Waals surface area contributed by atoms with Gasteiger partial charge in [0, 0.05) is 12.7 Å². The van der Waals surface area contributed by atoms with Gasteiger partial charge in [-0.25, -0.2) is 15.8 Å². The van der Waals surface area contributed by atoms with Crippen molar-refractivity contribution < 1.29 is 4.74 Å². The van der Waals surface area contributed by atoms with Crippen LogP contribution in [0.5, 0.6) is 0 Å². The maximum absolute atomic E-state index is 5.40. The summed E-state index contributed by atoms with van der Waals surface area (Å²) in [6.07, 6.45) is 1.17. The quantitative estimate of drug-likeness (QED) is 0.327. The number of hydrogen-bond acceptors (Lipinski definition) is 6. The van der Waals surface area contributed by atoms with Crippen molar-refractivity contribution in [1.29, 1.82) is 0 Å². The zero-order chi connectivity index (χ0) is 13.4. The van der Waals surface area contributed by atoms with Crippen LogP contribution in [0.3, 0.4) is 0 Å². The number of anilines is 1. The molecule has 1 heterocycles. The van der Waals surface area contributed by atoms with Crippen LogP contribution >= 0.6 is 11.8 Å². The van der Waals surface area contributed by atoms with Crippen molar-refractivity contribution >= 4 is 17.6 Å². The third kappa shape index (κ3) is 5.66. The fraction of sp³-hybridized carbons (Fsp3) is 0.667. The largest absolute Gasteiger partial charge is 0.374 e. The molecular formula is C12H22N4OS. The molecular weight excluding hydrogens is 248 g/mol. The zero-order valence-electron chi connectivity index (χ0n) is 11.3. The molecule has 0 saturated heterocycles. The average Bonchev–Trinajstić information content (AvgIpc) is 2.35. The average molecular weight is 270 g/mol. The van der Waals surface area contributed by atoms with Crippen LogP contribution in [0.15, 0.2) is 11.1 Å². The SMILES string of the molecule is CCOCc1nc(NN)cc(SCCC(C)C)n1. The molecule has 18 heavy (non-hydrogen) atoms. The lowest BCUT2D eigenvalue weighted by atomic mass is 10.2. The number of aromatic nitrogens is 2. The Morgan fingerprint density at radius 2 is 2.22 bits per heavy atom. The number of ether oxygens (including phenoxy) is 1. The summed E-state index contributed by atoms with van der Waals surface area (Å²) in [4.78, 5) is 8.69. The molecule has 0 aromatic carbocycles. The minimum Gasteiger partial charge on any atom is -0.374 e. The molecule has 0 aliphatic heterocycles. The molecule has 0 atom stereocenters. The smallest absolute Gasteiger partial charge is 0.157 e. The molecule has 102 valence electrons. The highest BCUT2D eigenvalue weighted by atomic mass is 32.2. The highest BCUT2D eigenvalue weighted by Gasteiger charge is 2.05. The summed E-state index contributed by atoms with van der Waals surface area (Å²) in [5, 5.41) is 0.938. The monoisotopic (exact) mass is 270 g/mol. The van der Waals surface area contributed by atoms with E-state index in [0.717, 1.165) is 10.8 Å². The summed E-state index contributed by atoms with van der Waals surface area (Å²) in [7, 11) is 0. The van der Waals surface area contributed by atoms with Gasteiger partial charge in [0.2, 0.25) is 0 Å². The van der Waals surface area contributed by atoms with E-state index in [1.54, 1.807) is 11.8 Å². The van der Waals surface area contributed by atoms with E-state index < -0.39 is 0 Å². The second kappa shape index (κ2) is 8.29. The number of hydrazine groups is 1. The molecule has 1 aromatic heterocycles. The Labute approximate surface area is 113 Å². The highest BCUT2D eigenvalue weighted by Crippen LogP contribution is 2.20. The van der Waals surface area contributed by atoms with Crippen LogP contribution in [-0.4, -0.2) is 22.3 Å². The van der Waals surface area contributed by atoms with Crippen LogP contribution < -0.4 is 11.3 Å². The van der Waals surface area contributed by atoms with Gasteiger partial charge in [-0.3, -0.25) is 0 Å². The van der Waals surface area contributed by atoms with Gasteiger partial charge in [-0.15, -0.1) is 11.8 Å². The second-order valence-electron chi connectivity index (χ2n) is 4.32. The molecule has 0 fully saturated rings. The van der Waals surface area contributed by atoms with Gasteiger partial charge >= 0.3 is 0 Å². The van der Waals surface area contributed by atoms with Gasteiger partial charge in [0.05, 0.1) is 0 Å². The molecule has 0 radical (unpaired) electrons. The molecule has 0 unspecified atom stereocenters. The Kier molecular flexibility index (Phi) is 7.00. The first-order valence-corrected chi connectivity index (χ1v) is 7.19. The summed E-state index contributed by atoms with van der Waals surface area (Å²) in [6.45, 7) is 7.45. The van der Waals surface area contributed by atoms with E-state index in [1.807, 2.05) is 13.0 Å². The van der Waals surface area contributed by atoms with E-state index in [1.165, 1.54) is 6.42 Å². The second-order valence-corrected chi connectivity index (χ2v) is 5.44. The predicted octanol–water partition coefficient (Wildman–Crippen LogP) is 2.44. The molecule has 0 aliphatic carbocycles. The molecule has 3 N–H and O–H groups in total. The van der Waals surface area contributed by atoms with Gasteiger partial charge in [-0.1, -0.05) is 13.8 Å². The number of nitrogens with one attached hydrogen (secondary N) is 1. The maximum Gasteiger partial charge on any atom is 0.157 e. The first-order chi connectivity index (χ1) is 8.65. The number of thioether (sulfide) groups is 1. The van der Waals surface area contributed by atoms with E-state index in [0.29, 0.717) is 30.8 Å². The van der Waals surface area contributed by atoms with Crippen molar-refractivity contribution in [2.45, 2.75) is 38.8 Å². The van der Waals surface area contributed by atoms with Crippen LogP contribution in [0.1, 0.15) is 33.0 Å². The number of hydrogen-bond donors (Lipinski definition) is 2. The molecule has 0 spiro atoms. The molecule has 0 bridgehead atoms. The fourth-order valence-electron chi connectivity index (χ4n) is 1.28. The summed E-state index contributed by atoms with van der Waals surface area (Å²) in [5.41, 5.74) is 2.56. The van der Waals surface area contributed by atoms with Gasteiger partial charge in [-0.05, 0) is 25.0 Å². The van der Waals surface area contributed by atoms with Gasteiger partial charge in [-0.2, -0.15) is 0 Å². The van der Waals surface area contributed by atoms with Crippen LogP contribution in [0.4, 0.5) is 5.82 Å². The summed E-state index contributed by atoms with van der Waals surface area (Å²) < 4.78 is 5.31. The molecule has 1 aromatic rings. The van der Waals surface area contributed by atoms with Crippen molar-refractivity contribution in [3.63, 3.8) is 0 Å². The van der Waals surface area contributed by atoms with Crippen molar-refractivity contribution in [1.82, 2.24) is 9.97 Å². The predicted molar refractivity (Wildman–Crippen MR) is 75.4 cm³/mol. The van der Waals surface area contributed by atoms with Crippen LogP contribution in [0.2, 0.25) is 0 Å². The molecule has 0 amide bonds. The number of nitrogens with two attached hydrogens (primary N) is 1. The van der Waals surface area contributed by atoms with Crippen LogP contribution in [-0.2, 0) is 11.3 Å². The summed E-state index contributed by atoms with van der Waals surface area (Å²) in [6, 6.07) is 1.86. The lowest BCUT2D eigenvalue weighted by Crippen LogP contribution is -2.11. The third-order valence-corrected chi connectivity index (χ3v) is 3.22. The minimum absolute atomic E-state index is 0.420. The standard InChI is InChI=1S/C12H22N4OS/c1-4-17-8-11-14-10(16-13)7-12(15-11)18-6-5-9(2)3/h7,9H,4-6,8,13H2,1-3H3,(H,14,15,16). The summed E-state index contributed by atoms with van der Waals surface area (Å²) in [5.74, 6) is 8.45. The third-order valence-electron chi connectivity index (χ3n) is 2.28. The lowest BCUT2D eigenvalue weighted by Gasteiger charge is -2.08. The van der Waals surface area contributed by atoms with Gasteiger partial charge in [0.1, 0.15) is 17.5 Å². The first kappa shape index (κ1) is 15.2. The number of rotatable bonds is 8. The van der Waals surface area contributed by atoms with E-state index >= 15 is 0 Å². The topological polar surface area (TPSA) is 73.1 Å². The molecule has 0 saturated carbocycles. The Morgan fingerprint density at radius 1 is 1.44 bits per heavy atom. The molecule has 6 heteroatoms. The normalized spacial score (nSPS) is 10.9. The van der Waals surface area contributed by atoms with Crippen LogP contribution in [0, 0.1) is 5.92 Å². The first-order valence-electron chi connectivity index (χ1n) is 6.20. The van der Waals surface area contributed by atoms with E-state index in [4.69, 9.17) is 10.6 Å². The Balaban J connectivity index is 2.64. The van der Waals surface area contributed by atoms with Gasteiger partial charge in [0.25, 0.3) is 0 Å². The Bertz CT molecular complexity index is 360. The van der Waals surface area contributed by atoms with E-state index in [-0.39, 0.29) is 0 Å². The molecule has 0 aliphatic rings. The number of nitrogen functional groups attached to an aromatic ring is 1.